The monoisotopic (exact) mass is 411 g/mol. The molecule has 1 unspecified atom stereocenters. The maximum atomic E-state index is 13.6. The van der Waals surface area contributed by atoms with Gasteiger partial charge in [-0.3, -0.25) is 9.20 Å². The molecule has 154 valence electrons. The summed E-state index contributed by atoms with van der Waals surface area (Å²) in [4.78, 5) is 29.4. The first-order valence-electron chi connectivity index (χ1n) is 9.97. The number of aromatic amines is 1. The molecule has 0 aliphatic rings. The molecule has 8 heteroatoms. The van der Waals surface area contributed by atoms with Gasteiger partial charge in [0, 0.05) is 11.2 Å². The zero-order chi connectivity index (χ0) is 21.5. The Morgan fingerprint density at radius 1 is 1.10 bits per heavy atom. The van der Waals surface area contributed by atoms with Crippen LogP contribution in [-0.2, 0) is 0 Å². The lowest BCUT2D eigenvalue weighted by Crippen LogP contribution is -2.22. The normalized spacial score (nSPS) is 12.3. The molecule has 0 saturated heterocycles. The summed E-state index contributed by atoms with van der Waals surface area (Å²) in [6.07, 6.45) is 1.55. The molecule has 0 saturated carbocycles. The van der Waals surface area contributed by atoms with Gasteiger partial charge < -0.3 is 16.0 Å². The smallest absolute Gasteiger partial charge is 0.263 e. The predicted molar refractivity (Wildman–Crippen MR) is 122 cm³/mol. The van der Waals surface area contributed by atoms with Crippen molar-refractivity contribution in [1.29, 1.82) is 0 Å². The number of nitrogens with one attached hydrogen (secondary N) is 2. The van der Waals surface area contributed by atoms with Crippen molar-refractivity contribution >= 4 is 28.4 Å². The average Bonchev–Trinajstić information content (AvgIpc) is 3.22. The number of nitrogens with two attached hydrogens (primary N) is 1. The van der Waals surface area contributed by atoms with E-state index < -0.39 is 0 Å². The van der Waals surface area contributed by atoms with Crippen molar-refractivity contribution < 1.29 is 0 Å². The van der Waals surface area contributed by atoms with Gasteiger partial charge in [-0.1, -0.05) is 36.4 Å². The van der Waals surface area contributed by atoms with Crippen LogP contribution in [0.15, 0.2) is 65.7 Å². The molecule has 4 heterocycles. The molecule has 0 amide bonds. The fourth-order valence-electron chi connectivity index (χ4n) is 3.97. The quantitative estimate of drug-likeness (QED) is 0.415. The number of hydrogen-bond acceptors (Lipinski definition) is 6. The van der Waals surface area contributed by atoms with Gasteiger partial charge in [-0.15, -0.1) is 0 Å². The summed E-state index contributed by atoms with van der Waals surface area (Å²) < 4.78 is 1.74. The van der Waals surface area contributed by atoms with Gasteiger partial charge >= 0.3 is 0 Å². The Bertz CT molecular complexity index is 1470. The zero-order valence-corrected chi connectivity index (χ0v) is 17.1. The molecule has 1 atom stereocenters. The van der Waals surface area contributed by atoms with E-state index in [1.807, 2.05) is 68.4 Å². The van der Waals surface area contributed by atoms with E-state index in [4.69, 9.17) is 5.73 Å². The molecular formula is C23H21N7O. The number of hydrogen-bond donors (Lipinski definition) is 3. The number of nitrogens with zero attached hydrogens (tertiary/aromatic N) is 4. The lowest BCUT2D eigenvalue weighted by Gasteiger charge is -2.20. The largest absolute Gasteiger partial charge is 0.368 e. The highest BCUT2D eigenvalue weighted by Crippen LogP contribution is 2.30. The number of nitrogen functional groups attached to an aromatic ring is 1. The van der Waals surface area contributed by atoms with E-state index in [9.17, 15) is 4.79 Å². The van der Waals surface area contributed by atoms with Crippen LogP contribution >= 0.6 is 0 Å². The van der Waals surface area contributed by atoms with Gasteiger partial charge in [0.2, 0.25) is 5.95 Å². The standard InChI is InChI=1S/C23H21N7O/c1-13-7-6-10-16-11-17(18(22(31)30(13)16)15-8-4-3-5-9-15)14(2)27-21-19-20(26-12-25-19)28-23(24)29-21/h3-12,14H,1-2H3,(H4,24,25,26,27,28,29). The zero-order valence-electron chi connectivity index (χ0n) is 17.1. The fraction of sp³-hybridized carbons (Fsp3) is 0.130. The molecule has 4 N–H and O–H groups in total. The Morgan fingerprint density at radius 3 is 2.71 bits per heavy atom. The van der Waals surface area contributed by atoms with Crippen molar-refractivity contribution in [2.24, 2.45) is 0 Å². The van der Waals surface area contributed by atoms with Crippen LogP contribution in [0.25, 0.3) is 27.8 Å². The van der Waals surface area contributed by atoms with Gasteiger partial charge in [0.15, 0.2) is 11.5 Å². The summed E-state index contributed by atoms with van der Waals surface area (Å²) in [7, 11) is 0. The van der Waals surface area contributed by atoms with Gasteiger partial charge in [0.05, 0.1) is 17.9 Å². The van der Waals surface area contributed by atoms with E-state index >= 15 is 0 Å². The Hall–Kier alpha value is -4.20. The van der Waals surface area contributed by atoms with E-state index in [1.54, 1.807) is 10.7 Å². The van der Waals surface area contributed by atoms with Gasteiger partial charge in [0.25, 0.3) is 5.56 Å². The molecule has 4 aromatic heterocycles. The molecule has 0 bridgehead atoms. The second-order valence-corrected chi connectivity index (χ2v) is 7.47. The molecule has 0 radical (unpaired) electrons. The van der Waals surface area contributed by atoms with Crippen molar-refractivity contribution in [3.05, 3.63) is 82.5 Å². The Labute approximate surface area is 177 Å². The summed E-state index contributed by atoms with van der Waals surface area (Å²) in [5.41, 5.74) is 11.1. The number of H-pyrrole nitrogens is 1. The summed E-state index contributed by atoms with van der Waals surface area (Å²) in [5, 5.41) is 3.38. The minimum atomic E-state index is -0.248. The first kappa shape index (κ1) is 18.8. The van der Waals surface area contributed by atoms with Crippen molar-refractivity contribution in [3.8, 4) is 11.1 Å². The minimum absolute atomic E-state index is 0.0578. The van der Waals surface area contributed by atoms with Crippen LogP contribution < -0.4 is 16.6 Å². The predicted octanol–water partition coefficient (Wildman–Crippen LogP) is 3.70. The van der Waals surface area contributed by atoms with Crippen LogP contribution in [0.1, 0.15) is 24.2 Å². The Kier molecular flexibility index (Phi) is 4.39. The average molecular weight is 411 g/mol. The summed E-state index contributed by atoms with van der Waals surface area (Å²) in [6, 6.07) is 17.3. The summed E-state index contributed by atoms with van der Waals surface area (Å²) >= 11 is 0. The van der Waals surface area contributed by atoms with Crippen LogP contribution in [0.2, 0.25) is 0 Å². The molecule has 0 aliphatic carbocycles. The third kappa shape index (κ3) is 3.18. The third-order valence-corrected chi connectivity index (χ3v) is 5.40. The summed E-state index contributed by atoms with van der Waals surface area (Å²) in [5.74, 6) is 0.656. The van der Waals surface area contributed by atoms with Gasteiger partial charge in [-0.05, 0) is 43.2 Å². The number of aryl methyl sites for hydroxylation is 1. The van der Waals surface area contributed by atoms with Crippen LogP contribution in [-0.4, -0.2) is 24.3 Å². The molecule has 1 aromatic carbocycles. The maximum absolute atomic E-state index is 13.6. The van der Waals surface area contributed by atoms with Gasteiger partial charge in [0.1, 0.15) is 5.52 Å². The van der Waals surface area contributed by atoms with E-state index in [2.05, 4.69) is 25.3 Å². The van der Waals surface area contributed by atoms with E-state index in [1.165, 1.54) is 0 Å². The minimum Gasteiger partial charge on any atom is -0.368 e. The molecule has 5 aromatic rings. The van der Waals surface area contributed by atoms with Crippen LogP contribution in [0.4, 0.5) is 11.8 Å². The Morgan fingerprint density at radius 2 is 1.90 bits per heavy atom. The number of benzene rings is 1. The molecule has 5 rings (SSSR count). The number of rotatable bonds is 4. The molecule has 0 aliphatic heterocycles. The van der Waals surface area contributed by atoms with Crippen molar-refractivity contribution in [3.63, 3.8) is 0 Å². The van der Waals surface area contributed by atoms with Crippen molar-refractivity contribution in [1.82, 2.24) is 24.3 Å². The van der Waals surface area contributed by atoms with E-state index in [0.717, 1.165) is 22.3 Å². The summed E-state index contributed by atoms with van der Waals surface area (Å²) in [6.45, 7) is 3.92. The SMILES string of the molecule is Cc1cccc2cc(C(C)Nc3nc(N)nc4[nH]cnc34)c(-c3ccccc3)c(=O)n12. The topological polar surface area (TPSA) is 114 Å². The lowest BCUT2D eigenvalue weighted by molar-refractivity contribution is 0.868. The van der Waals surface area contributed by atoms with Gasteiger partial charge in [-0.25, -0.2) is 4.98 Å². The molecular weight excluding hydrogens is 390 g/mol. The highest BCUT2D eigenvalue weighted by Gasteiger charge is 2.20. The Balaban J connectivity index is 1.71. The highest BCUT2D eigenvalue weighted by atomic mass is 16.1. The first-order chi connectivity index (χ1) is 15.0. The fourth-order valence-corrected chi connectivity index (χ4v) is 3.97. The van der Waals surface area contributed by atoms with E-state index in [0.29, 0.717) is 22.5 Å². The van der Waals surface area contributed by atoms with Crippen molar-refractivity contribution in [2.75, 3.05) is 11.1 Å². The number of imidazole rings is 1. The molecule has 0 spiro atoms. The number of fused-ring (bicyclic) bond motifs is 2. The number of anilines is 2. The maximum Gasteiger partial charge on any atom is 0.263 e. The second kappa shape index (κ2) is 7.24. The van der Waals surface area contributed by atoms with Crippen molar-refractivity contribution in [2.45, 2.75) is 19.9 Å². The van der Waals surface area contributed by atoms with Crippen LogP contribution in [0, 0.1) is 6.92 Å². The molecule has 31 heavy (non-hydrogen) atoms. The molecule has 0 fully saturated rings. The number of aromatic nitrogens is 5. The van der Waals surface area contributed by atoms with Crippen LogP contribution in [0.3, 0.4) is 0 Å². The highest BCUT2D eigenvalue weighted by molar-refractivity contribution is 5.84. The van der Waals surface area contributed by atoms with Gasteiger partial charge in [-0.2, -0.15) is 9.97 Å². The third-order valence-electron chi connectivity index (χ3n) is 5.40. The molecule has 8 nitrogen and oxygen atoms in total. The van der Waals surface area contributed by atoms with E-state index in [-0.39, 0.29) is 17.5 Å². The lowest BCUT2D eigenvalue weighted by atomic mass is 9.96. The number of pyridine rings is 2. The second-order valence-electron chi connectivity index (χ2n) is 7.47. The van der Waals surface area contributed by atoms with Crippen LogP contribution in [0.5, 0.6) is 0 Å². The first-order valence-corrected chi connectivity index (χ1v) is 9.97.